The fraction of sp³-hybridized carbons (Fsp3) is 0.219. The number of carboxylic acid groups (broad SMARTS) is 1. The second-order valence-electron chi connectivity index (χ2n) is 9.47. The van der Waals surface area contributed by atoms with E-state index in [1.807, 2.05) is 66.7 Å². The molecule has 7 heteroatoms. The molecule has 0 radical (unpaired) electrons. The van der Waals surface area contributed by atoms with Gasteiger partial charge in [0.2, 0.25) is 0 Å². The van der Waals surface area contributed by atoms with E-state index in [1.54, 1.807) is 23.9 Å². The van der Waals surface area contributed by atoms with Crippen LogP contribution in [0.15, 0.2) is 102 Å². The van der Waals surface area contributed by atoms with Crippen LogP contribution in [0.1, 0.15) is 51.4 Å². The van der Waals surface area contributed by atoms with Gasteiger partial charge in [0.1, 0.15) is 0 Å². The molecule has 0 saturated carbocycles. The Bertz CT molecular complexity index is 1390. The molecule has 3 atom stereocenters. The van der Waals surface area contributed by atoms with Crippen molar-refractivity contribution in [1.29, 1.82) is 0 Å². The normalized spacial score (nSPS) is 19.1. The molecule has 0 aliphatic carbocycles. The lowest BCUT2D eigenvalue weighted by molar-refractivity contribution is -0.245. The molecule has 4 N–H and O–H groups in total. The minimum Gasteiger partial charge on any atom is -0.478 e. The first-order chi connectivity index (χ1) is 19.0. The van der Waals surface area contributed by atoms with E-state index in [0.29, 0.717) is 18.7 Å². The molecule has 1 fully saturated rings. The van der Waals surface area contributed by atoms with Crippen molar-refractivity contribution < 1.29 is 24.5 Å². The maximum absolute atomic E-state index is 11.2. The number of aliphatic hydroxyl groups is 1. The van der Waals surface area contributed by atoms with E-state index in [4.69, 9.17) is 20.3 Å². The summed E-state index contributed by atoms with van der Waals surface area (Å²) in [7, 11) is 0. The number of aromatic carboxylic acids is 1. The van der Waals surface area contributed by atoms with Crippen LogP contribution >= 0.6 is 11.8 Å². The van der Waals surface area contributed by atoms with Gasteiger partial charge in [-0.3, -0.25) is 0 Å². The summed E-state index contributed by atoms with van der Waals surface area (Å²) in [5.74, 6) is -0.242. The van der Waals surface area contributed by atoms with Crippen molar-refractivity contribution in [3.63, 3.8) is 0 Å². The summed E-state index contributed by atoms with van der Waals surface area (Å²) in [5, 5.41) is 18.6. The van der Waals surface area contributed by atoms with Gasteiger partial charge >= 0.3 is 5.97 Å². The number of hydrogen-bond donors (Lipinski definition) is 3. The highest BCUT2D eigenvalue weighted by Gasteiger charge is 2.32. The predicted molar refractivity (Wildman–Crippen MR) is 152 cm³/mol. The minimum atomic E-state index is -0.935. The number of rotatable bonds is 9. The van der Waals surface area contributed by atoms with Crippen LogP contribution in [-0.4, -0.2) is 28.0 Å². The molecular formula is C32H31NO5S. The Morgan fingerprint density at radius 1 is 0.872 bits per heavy atom. The largest absolute Gasteiger partial charge is 0.478 e. The monoisotopic (exact) mass is 541 g/mol. The summed E-state index contributed by atoms with van der Waals surface area (Å²) in [6.45, 7) is 0.471. The Labute approximate surface area is 232 Å². The molecule has 0 bridgehead atoms. The summed E-state index contributed by atoms with van der Waals surface area (Å²) < 4.78 is 12.9. The lowest BCUT2D eigenvalue weighted by atomic mass is 9.98. The van der Waals surface area contributed by atoms with Crippen molar-refractivity contribution >= 4 is 17.7 Å². The molecule has 1 saturated heterocycles. The van der Waals surface area contributed by atoms with Gasteiger partial charge in [-0.1, -0.05) is 72.8 Å². The molecule has 6 nitrogen and oxygen atoms in total. The zero-order valence-electron chi connectivity index (χ0n) is 21.4. The number of ether oxygens (including phenoxy) is 2. The Hall–Kier alpha value is -3.46. The van der Waals surface area contributed by atoms with Crippen LogP contribution in [0.3, 0.4) is 0 Å². The maximum atomic E-state index is 11.2. The number of nitrogens with two attached hydrogens (primary N) is 1. The van der Waals surface area contributed by atoms with Crippen LogP contribution in [0.2, 0.25) is 0 Å². The lowest BCUT2D eigenvalue weighted by Crippen LogP contribution is -2.31. The number of hydrogen-bond acceptors (Lipinski definition) is 6. The molecule has 0 amide bonds. The minimum absolute atomic E-state index is 0.00287. The average Bonchev–Trinajstić information content (AvgIpc) is 3.00. The van der Waals surface area contributed by atoms with Gasteiger partial charge in [0.05, 0.1) is 24.4 Å². The van der Waals surface area contributed by atoms with Gasteiger partial charge < -0.3 is 25.4 Å². The second-order valence-corrected chi connectivity index (χ2v) is 10.6. The van der Waals surface area contributed by atoms with Crippen LogP contribution < -0.4 is 5.73 Å². The van der Waals surface area contributed by atoms with E-state index in [9.17, 15) is 9.90 Å². The number of thioether (sulfide) groups is 1. The third-order valence-electron chi connectivity index (χ3n) is 6.88. The van der Waals surface area contributed by atoms with E-state index in [2.05, 4.69) is 18.2 Å². The fourth-order valence-corrected chi connectivity index (χ4v) is 5.63. The van der Waals surface area contributed by atoms with Crippen molar-refractivity contribution in [3.05, 3.63) is 125 Å². The second kappa shape index (κ2) is 12.6. The van der Waals surface area contributed by atoms with E-state index in [-0.39, 0.29) is 24.4 Å². The first kappa shape index (κ1) is 27.1. The van der Waals surface area contributed by atoms with Gasteiger partial charge in [-0.05, 0) is 52.1 Å². The third-order valence-corrected chi connectivity index (χ3v) is 8.03. The van der Waals surface area contributed by atoms with E-state index < -0.39 is 12.3 Å². The van der Waals surface area contributed by atoms with Crippen molar-refractivity contribution in [2.45, 2.75) is 43.0 Å². The highest BCUT2D eigenvalue weighted by molar-refractivity contribution is 7.99. The zero-order valence-corrected chi connectivity index (χ0v) is 22.2. The van der Waals surface area contributed by atoms with Crippen molar-refractivity contribution in [2.75, 3.05) is 5.75 Å². The molecular weight excluding hydrogens is 510 g/mol. The smallest absolute Gasteiger partial charge is 0.335 e. The lowest BCUT2D eigenvalue weighted by Gasteiger charge is -2.36. The van der Waals surface area contributed by atoms with Gasteiger partial charge in [-0.2, -0.15) is 0 Å². The van der Waals surface area contributed by atoms with E-state index >= 15 is 0 Å². The Kier molecular flexibility index (Phi) is 8.76. The summed E-state index contributed by atoms with van der Waals surface area (Å²) in [4.78, 5) is 12.2. The number of carboxylic acids is 1. The molecule has 0 aromatic heterocycles. The summed E-state index contributed by atoms with van der Waals surface area (Å²) in [6.07, 6.45) is -0.126. The fourth-order valence-electron chi connectivity index (χ4n) is 4.71. The summed E-state index contributed by atoms with van der Waals surface area (Å²) in [6, 6.07) is 31.1. The molecule has 200 valence electrons. The molecule has 4 aromatic carbocycles. The zero-order chi connectivity index (χ0) is 27.2. The molecule has 4 aromatic rings. The van der Waals surface area contributed by atoms with E-state index in [1.165, 1.54) is 0 Å². The van der Waals surface area contributed by atoms with Crippen molar-refractivity contribution in [1.82, 2.24) is 0 Å². The standard InChI is InChI=1S/C32H31NO5S/c33-18-26-3-1-2-4-29(26)22-9-11-25(12-10-22)32-37-27(20-39-28-15-13-24(14-16-28)31(35)36)17-30(38-32)23-7-5-21(19-34)6-8-23/h1-16,27,30,32,34H,17-20,33H2,(H,35,36)/t27-,30+,32+/m0/s1. The van der Waals surface area contributed by atoms with Crippen LogP contribution in [0, 0.1) is 0 Å². The van der Waals surface area contributed by atoms with Crippen molar-refractivity contribution in [2.24, 2.45) is 5.73 Å². The van der Waals surface area contributed by atoms with Crippen LogP contribution in [0.25, 0.3) is 11.1 Å². The first-order valence-electron chi connectivity index (χ1n) is 12.9. The summed E-state index contributed by atoms with van der Waals surface area (Å²) >= 11 is 1.63. The Morgan fingerprint density at radius 2 is 1.56 bits per heavy atom. The van der Waals surface area contributed by atoms with Crippen LogP contribution in [0.5, 0.6) is 0 Å². The highest BCUT2D eigenvalue weighted by Crippen LogP contribution is 2.40. The molecule has 0 unspecified atom stereocenters. The van der Waals surface area contributed by atoms with Gasteiger partial charge in [-0.25, -0.2) is 4.79 Å². The van der Waals surface area contributed by atoms with Crippen molar-refractivity contribution in [3.8, 4) is 11.1 Å². The Balaban J connectivity index is 1.35. The summed E-state index contributed by atoms with van der Waals surface area (Å²) in [5.41, 5.74) is 12.3. The van der Waals surface area contributed by atoms with E-state index in [0.717, 1.165) is 38.3 Å². The van der Waals surface area contributed by atoms with Gasteiger partial charge in [0.25, 0.3) is 0 Å². The van der Waals surface area contributed by atoms with Gasteiger partial charge in [-0.15, -0.1) is 11.8 Å². The predicted octanol–water partition coefficient (Wildman–Crippen LogP) is 6.34. The number of carbonyl (C=O) groups is 1. The molecule has 1 aliphatic heterocycles. The molecule has 1 aliphatic rings. The van der Waals surface area contributed by atoms with Crippen LogP contribution in [0.4, 0.5) is 0 Å². The maximum Gasteiger partial charge on any atom is 0.335 e. The van der Waals surface area contributed by atoms with Crippen LogP contribution in [-0.2, 0) is 22.6 Å². The number of benzene rings is 4. The average molecular weight is 542 g/mol. The molecule has 39 heavy (non-hydrogen) atoms. The molecule has 5 rings (SSSR count). The Morgan fingerprint density at radius 3 is 2.23 bits per heavy atom. The quantitative estimate of drug-likeness (QED) is 0.213. The van der Waals surface area contributed by atoms with Gasteiger partial charge in [0.15, 0.2) is 6.29 Å². The van der Waals surface area contributed by atoms with Gasteiger partial charge in [0, 0.05) is 29.2 Å². The topological polar surface area (TPSA) is 102 Å². The first-order valence-corrected chi connectivity index (χ1v) is 13.9. The third kappa shape index (κ3) is 6.58. The SMILES string of the molecule is NCc1ccccc1-c1ccc([C@@H]2O[C@H](CSc3ccc(C(=O)O)cc3)C[C@H](c3ccc(CO)cc3)O2)cc1. The highest BCUT2D eigenvalue weighted by atomic mass is 32.2. The molecule has 1 heterocycles. The molecule has 0 spiro atoms. The number of aliphatic hydroxyl groups excluding tert-OH is 1.